The monoisotopic (exact) mass is 338 g/mol. The number of halogens is 2. The molecule has 1 aromatic heterocycles. The van der Waals surface area contributed by atoms with Gasteiger partial charge in [0.1, 0.15) is 0 Å². The number of hydrogen-bond acceptors (Lipinski definition) is 3. The normalized spacial score (nSPS) is 13.0. The molecule has 0 saturated carbocycles. The predicted molar refractivity (Wildman–Crippen MR) is 84.6 cm³/mol. The van der Waals surface area contributed by atoms with E-state index in [0.29, 0.717) is 20.6 Å². The van der Waals surface area contributed by atoms with Gasteiger partial charge in [-0.15, -0.1) is 0 Å². The highest BCUT2D eigenvalue weighted by Gasteiger charge is 2.16. The van der Waals surface area contributed by atoms with Crippen LogP contribution in [0, 0.1) is 4.77 Å². The standard InChI is InChI=1S/C14H8Cl2N2O2S/c15-8-4-10-11(5-9(8)16)18(14(21)17-10)7-1-2-12-13(3-7)20-6-19-12/h1-5H,6H2,(H,17,21). The molecule has 4 nitrogen and oxygen atoms in total. The molecule has 2 heterocycles. The highest BCUT2D eigenvalue weighted by Crippen LogP contribution is 2.35. The van der Waals surface area contributed by atoms with Crippen LogP contribution in [0.5, 0.6) is 11.5 Å². The molecule has 0 aliphatic carbocycles. The van der Waals surface area contributed by atoms with Crippen LogP contribution in [-0.4, -0.2) is 16.3 Å². The van der Waals surface area contributed by atoms with Gasteiger partial charge >= 0.3 is 0 Å². The summed E-state index contributed by atoms with van der Waals surface area (Å²) in [4.78, 5) is 3.12. The fraction of sp³-hybridized carbons (Fsp3) is 0.0714. The van der Waals surface area contributed by atoms with E-state index in [0.717, 1.165) is 22.5 Å². The third-order valence-corrected chi connectivity index (χ3v) is 4.35. The van der Waals surface area contributed by atoms with Gasteiger partial charge in [-0.3, -0.25) is 4.57 Å². The first-order valence-electron chi connectivity index (χ1n) is 6.13. The Bertz CT molecular complexity index is 933. The average molecular weight is 339 g/mol. The lowest BCUT2D eigenvalue weighted by Gasteiger charge is -2.06. The lowest BCUT2D eigenvalue weighted by atomic mass is 10.2. The summed E-state index contributed by atoms with van der Waals surface area (Å²) >= 11 is 17.6. The van der Waals surface area contributed by atoms with Crippen molar-refractivity contribution in [2.24, 2.45) is 0 Å². The van der Waals surface area contributed by atoms with Gasteiger partial charge in [0.25, 0.3) is 0 Å². The van der Waals surface area contributed by atoms with Crippen LogP contribution in [0.2, 0.25) is 10.0 Å². The molecule has 3 aromatic rings. The van der Waals surface area contributed by atoms with Crippen LogP contribution in [0.4, 0.5) is 0 Å². The molecule has 0 amide bonds. The molecule has 0 saturated heterocycles. The maximum Gasteiger partial charge on any atom is 0.231 e. The number of aromatic amines is 1. The molecule has 7 heteroatoms. The summed E-state index contributed by atoms with van der Waals surface area (Å²) in [5.41, 5.74) is 2.55. The van der Waals surface area contributed by atoms with Crippen molar-refractivity contribution in [1.82, 2.24) is 9.55 Å². The van der Waals surface area contributed by atoms with Crippen molar-refractivity contribution in [3.63, 3.8) is 0 Å². The Morgan fingerprint density at radius 2 is 1.81 bits per heavy atom. The zero-order chi connectivity index (χ0) is 14.6. The van der Waals surface area contributed by atoms with E-state index in [9.17, 15) is 0 Å². The van der Waals surface area contributed by atoms with Crippen molar-refractivity contribution in [2.45, 2.75) is 0 Å². The Morgan fingerprint density at radius 3 is 2.67 bits per heavy atom. The molecule has 0 unspecified atom stereocenters. The predicted octanol–water partition coefficient (Wildman–Crippen LogP) is 4.72. The van der Waals surface area contributed by atoms with E-state index < -0.39 is 0 Å². The first-order valence-corrected chi connectivity index (χ1v) is 7.30. The van der Waals surface area contributed by atoms with Gasteiger partial charge in [-0.1, -0.05) is 23.2 Å². The molecule has 0 fully saturated rings. The number of rotatable bonds is 1. The minimum Gasteiger partial charge on any atom is -0.454 e. The molecule has 0 spiro atoms. The topological polar surface area (TPSA) is 39.2 Å². The van der Waals surface area contributed by atoms with E-state index in [2.05, 4.69) is 4.98 Å². The fourth-order valence-corrected chi connectivity index (χ4v) is 3.02. The van der Waals surface area contributed by atoms with E-state index in [1.165, 1.54) is 0 Å². The SMILES string of the molecule is S=c1[nH]c2cc(Cl)c(Cl)cc2n1-c1ccc2c(c1)OCO2. The van der Waals surface area contributed by atoms with Gasteiger partial charge in [-0.2, -0.15) is 0 Å². The van der Waals surface area contributed by atoms with Gasteiger partial charge in [0, 0.05) is 6.07 Å². The highest BCUT2D eigenvalue weighted by atomic mass is 35.5. The Balaban J connectivity index is 2.00. The first-order chi connectivity index (χ1) is 10.1. The third kappa shape index (κ3) is 2.00. The second-order valence-electron chi connectivity index (χ2n) is 4.59. The average Bonchev–Trinajstić information content (AvgIpc) is 3.02. The second kappa shape index (κ2) is 4.66. The van der Waals surface area contributed by atoms with Crippen LogP contribution < -0.4 is 9.47 Å². The van der Waals surface area contributed by atoms with Crippen LogP contribution in [0.25, 0.3) is 16.7 Å². The number of ether oxygens (including phenoxy) is 2. The molecule has 21 heavy (non-hydrogen) atoms. The van der Waals surface area contributed by atoms with Crippen molar-refractivity contribution in [3.05, 3.63) is 45.1 Å². The molecule has 0 atom stereocenters. The van der Waals surface area contributed by atoms with Crippen molar-refractivity contribution < 1.29 is 9.47 Å². The van der Waals surface area contributed by atoms with Crippen molar-refractivity contribution in [1.29, 1.82) is 0 Å². The molecule has 4 rings (SSSR count). The number of nitrogens with one attached hydrogen (secondary N) is 1. The van der Waals surface area contributed by atoms with E-state index in [1.54, 1.807) is 12.1 Å². The number of hydrogen-bond donors (Lipinski definition) is 1. The molecule has 106 valence electrons. The van der Waals surface area contributed by atoms with E-state index in [4.69, 9.17) is 44.9 Å². The number of benzene rings is 2. The van der Waals surface area contributed by atoms with E-state index in [-0.39, 0.29) is 6.79 Å². The molecular formula is C14H8Cl2N2O2S. The van der Waals surface area contributed by atoms with Crippen LogP contribution in [0.15, 0.2) is 30.3 Å². The Labute approximate surface area is 134 Å². The smallest absolute Gasteiger partial charge is 0.231 e. The minimum atomic E-state index is 0.236. The summed E-state index contributed by atoms with van der Waals surface area (Å²) in [6.07, 6.45) is 0. The van der Waals surface area contributed by atoms with Crippen LogP contribution in [0.1, 0.15) is 0 Å². The van der Waals surface area contributed by atoms with E-state index >= 15 is 0 Å². The van der Waals surface area contributed by atoms with Crippen molar-refractivity contribution >= 4 is 46.5 Å². The van der Waals surface area contributed by atoms with Gasteiger partial charge in [0.2, 0.25) is 6.79 Å². The molecule has 1 N–H and O–H groups in total. The van der Waals surface area contributed by atoms with Crippen LogP contribution in [-0.2, 0) is 0 Å². The number of fused-ring (bicyclic) bond motifs is 2. The Kier molecular flexibility index (Phi) is 2.89. The highest BCUT2D eigenvalue weighted by molar-refractivity contribution is 7.71. The van der Waals surface area contributed by atoms with Gasteiger partial charge in [0.15, 0.2) is 16.3 Å². The molecule has 0 radical (unpaired) electrons. The summed E-state index contributed by atoms with van der Waals surface area (Å²) < 4.78 is 13.2. The van der Waals surface area contributed by atoms with Gasteiger partial charge in [0.05, 0.1) is 26.8 Å². The van der Waals surface area contributed by atoms with Gasteiger partial charge < -0.3 is 14.5 Å². The maximum absolute atomic E-state index is 6.11. The zero-order valence-electron chi connectivity index (χ0n) is 10.5. The second-order valence-corrected chi connectivity index (χ2v) is 5.79. The largest absolute Gasteiger partial charge is 0.454 e. The van der Waals surface area contributed by atoms with Gasteiger partial charge in [-0.25, -0.2) is 0 Å². The lowest BCUT2D eigenvalue weighted by Crippen LogP contribution is -1.94. The summed E-state index contributed by atoms with van der Waals surface area (Å²) in [5, 5.41) is 0.964. The quantitative estimate of drug-likeness (QED) is 0.652. The minimum absolute atomic E-state index is 0.236. The number of imidazole rings is 1. The number of nitrogens with zero attached hydrogens (tertiary/aromatic N) is 1. The third-order valence-electron chi connectivity index (χ3n) is 3.34. The Morgan fingerprint density at radius 1 is 1.05 bits per heavy atom. The number of aromatic nitrogens is 2. The zero-order valence-corrected chi connectivity index (χ0v) is 12.9. The number of H-pyrrole nitrogens is 1. The first kappa shape index (κ1) is 13.0. The molecule has 1 aliphatic heterocycles. The molecule has 2 aromatic carbocycles. The van der Waals surface area contributed by atoms with Crippen LogP contribution in [0.3, 0.4) is 0 Å². The van der Waals surface area contributed by atoms with Gasteiger partial charge in [-0.05, 0) is 36.5 Å². The fourth-order valence-electron chi connectivity index (χ4n) is 2.38. The van der Waals surface area contributed by atoms with Crippen molar-refractivity contribution in [2.75, 3.05) is 6.79 Å². The van der Waals surface area contributed by atoms with E-state index in [1.807, 2.05) is 22.8 Å². The molecule has 0 bridgehead atoms. The summed E-state index contributed by atoms with van der Waals surface area (Å²) in [7, 11) is 0. The van der Waals surface area contributed by atoms with Crippen molar-refractivity contribution in [3.8, 4) is 17.2 Å². The Hall–Kier alpha value is -1.69. The molecular weight excluding hydrogens is 331 g/mol. The molecule has 1 aliphatic rings. The lowest BCUT2D eigenvalue weighted by molar-refractivity contribution is 0.174. The summed E-state index contributed by atoms with van der Waals surface area (Å²) in [5.74, 6) is 1.43. The van der Waals surface area contributed by atoms with Crippen LogP contribution >= 0.6 is 35.4 Å². The summed E-state index contributed by atoms with van der Waals surface area (Å²) in [6, 6.07) is 9.21. The maximum atomic E-state index is 6.11. The summed E-state index contributed by atoms with van der Waals surface area (Å²) in [6.45, 7) is 0.236.